The molecule has 5 aliphatic rings. The number of hydrogen-bond acceptors (Lipinski definition) is 2. The third kappa shape index (κ3) is 2.75. The van der Waals surface area contributed by atoms with Crippen LogP contribution in [0.15, 0.2) is 12.2 Å². The fraction of sp³-hybridized carbons (Fsp3) is 0.900. The zero-order valence-electron chi connectivity index (χ0n) is 22.0. The maximum absolute atomic E-state index is 12.8. The number of aliphatic carboxylic acids is 1. The van der Waals surface area contributed by atoms with E-state index in [-0.39, 0.29) is 33.7 Å². The highest BCUT2D eigenvalue weighted by atomic mass is 16.4. The molecule has 186 valence electrons. The summed E-state index contributed by atoms with van der Waals surface area (Å²) in [4.78, 5) is 12.8. The molecule has 5 unspecified atom stereocenters. The Morgan fingerprint density at radius 3 is 2.15 bits per heavy atom. The van der Waals surface area contributed by atoms with Gasteiger partial charge in [-0.15, -0.1) is 0 Å². The van der Waals surface area contributed by atoms with Gasteiger partial charge in [-0.25, -0.2) is 0 Å². The summed E-state index contributed by atoms with van der Waals surface area (Å²) < 4.78 is 0. The topological polar surface area (TPSA) is 57.5 Å². The number of hydrogen-bond donors (Lipinski definition) is 2. The van der Waals surface area contributed by atoms with Gasteiger partial charge in [-0.1, -0.05) is 46.8 Å². The van der Waals surface area contributed by atoms with E-state index in [2.05, 4.69) is 48.1 Å². The van der Waals surface area contributed by atoms with Crippen LogP contribution in [0.2, 0.25) is 0 Å². The monoisotopic (exact) mass is 456 g/mol. The lowest BCUT2D eigenvalue weighted by Gasteiger charge is -2.72. The summed E-state index contributed by atoms with van der Waals surface area (Å²) in [5.41, 5.74) is 1.35. The molecule has 0 heterocycles. The largest absolute Gasteiger partial charge is 0.481 e. The average molecular weight is 457 g/mol. The number of aliphatic hydroxyl groups is 1. The van der Waals surface area contributed by atoms with E-state index in [4.69, 9.17) is 0 Å². The smallest absolute Gasteiger partial charge is 0.309 e. The van der Waals surface area contributed by atoms with Gasteiger partial charge in [-0.3, -0.25) is 4.79 Å². The van der Waals surface area contributed by atoms with Crippen LogP contribution in [0.5, 0.6) is 0 Å². The van der Waals surface area contributed by atoms with E-state index in [0.717, 1.165) is 38.5 Å². The first-order chi connectivity index (χ1) is 15.3. The van der Waals surface area contributed by atoms with Gasteiger partial charge in [0.15, 0.2) is 0 Å². The number of allylic oxidation sites excluding steroid dienone is 1. The SMILES string of the molecule is C=C(C)C1CC[C@]2(C(=O)O)CC[C@]3(C)C(CCC4[C@@]5(C)CC[C@H](O)C(C)(C)C5CC[C@]43C)C12. The molecule has 0 bridgehead atoms. The number of carboxylic acids is 1. The molecule has 0 spiro atoms. The molecule has 5 fully saturated rings. The molecule has 5 rings (SSSR count). The molecule has 2 N–H and O–H groups in total. The Bertz CT molecular complexity index is 861. The molecule has 0 aromatic carbocycles. The first-order valence-corrected chi connectivity index (χ1v) is 13.8. The Morgan fingerprint density at radius 2 is 1.52 bits per heavy atom. The van der Waals surface area contributed by atoms with Crippen molar-refractivity contribution in [2.24, 2.45) is 56.7 Å². The van der Waals surface area contributed by atoms with Crippen LogP contribution in [-0.2, 0) is 4.79 Å². The maximum Gasteiger partial charge on any atom is 0.309 e. The molecule has 5 aliphatic carbocycles. The summed E-state index contributed by atoms with van der Waals surface area (Å²) in [6, 6.07) is 0. The summed E-state index contributed by atoms with van der Waals surface area (Å²) in [6.07, 6.45) is 10.5. The highest BCUT2D eigenvalue weighted by Gasteiger charge is 2.71. The van der Waals surface area contributed by atoms with E-state index in [9.17, 15) is 15.0 Å². The van der Waals surface area contributed by atoms with Gasteiger partial charge in [0.1, 0.15) is 0 Å². The van der Waals surface area contributed by atoms with Crippen molar-refractivity contribution in [2.45, 2.75) is 112 Å². The Hall–Kier alpha value is -0.830. The molecule has 10 atom stereocenters. The second-order valence-electron chi connectivity index (χ2n) is 14.5. The van der Waals surface area contributed by atoms with E-state index in [1.807, 2.05) is 0 Å². The Balaban J connectivity index is 1.57. The van der Waals surface area contributed by atoms with Crippen molar-refractivity contribution in [3.63, 3.8) is 0 Å². The summed E-state index contributed by atoms with van der Waals surface area (Å²) in [5.74, 6) is 1.79. The molecule has 0 aliphatic heterocycles. The Labute approximate surface area is 201 Å². The molecule has 5 saturated carbocycles. The van der Waals surface area contributed by atoms with E-state index in [1.165, 1.54) is 31.3 Å². The van der Waals surface area contributed by atoms with Crippen LogP contribution in [-0.4, -0.2) is 22.3 Å². The van der Waals surface area contributed by atoms with Crippen LogP contribution in [0, 0.1) is 56.7 Å². The Kier molecular flexibility index (Phi) is 5.15. The average Bonchev–Trinajstić information content (AvgIpc) is 3.13. The van der Waals surface area contributed by atoms with Crippen LogP contribution in [0.25, 0.3) is 0 Å². The summed E-state index contributed by atoms with van der Waals surface area (Å²) in [6.45, 7) is 18.8. The van der Waals surface area contributed by atoms with Gasteiger partial charge in [-0.05, 0) is 122 Å². The zero-order chi connectivity index (χ0) is 24.2. The molecule has 0 radical (unpaired) electrons. The van der Waals surface area contributed by atoms with Crippen LogP contribution in [0.1, 0.15) is 106 Å². The first kappa shape index (κ1) is 23.9. The summed E-state index contributed by atoms with van der Waals surface area (Å²) >= 11 is 0. The second-order valence-corrected chi connectivity index (χ2v) is 14.5. The maximum atomic E-state index is 12.8. The van der Waals surface area contributed by atoms with Crippen molar-refractivity contribution in [1.29, 1.82) is 0 Å². The van der Waals surface area contributed by atoms with Gasteiger partial charge >= 0.3 is 5.97 Å². The normalized spacial score (nSPS) is 55.0. The molecular formula is C30H48O3. The molecule has 0 aromatic heterocycles. The minimum Gasteiger partial charge on any atom is -0.481 e. The standard InChI is InChI=1S/C30H48O3/c1-18(2)19-10-15-30(25(32)33)17-16-28(6)20(24(19)30)8-9-22-27(5)13-12-23(31)26(3,4)21(27)11-14-29(22,28)7/h19-24,31H,1,8-17H2,2-7H3,(H,32,33)/t19?,20?,21?,22?,23-,24?,27-,28+,29+,30-/m0/s1. The minimum absolute atomic E-state index is 0.0202. The van der Waals surface area contributed by atoms with E-state index in [0.29, 0.717) is 23.7 Å². The zero-order valence-corrected chi connectivity index (χ0v) is 22.0. The number of carbonyl (C=O) groups is 1. The molecule has 33 heavy (non-hydrogen) atoms. The molecule has 3 nitrogen and oxygen atoms in total. The molecule has 0 aromatic rings. The summed E-state index contributed by atoms with van der Waals surface area (Å²) in [7, 11) is 0. The van der Waals surface area contributed by atoms with E-state index < -0.39 is 11.4 Å². The second kappa shape index (κ2) is 7.11. The molecular weight excluding hydrogens is 408 g/mol. The van der Waals surface area contributed by atoms with Gasteiger partial charge in [0.25, 0.3) is 0 Å². The van der Waals surface area contributed by atoms with Crippen LogP contribution >= 0.6 is 0 Å². The van der Waals surface area contributed by atoms with Crippen molar-refractivity contribution >= 4 is 5.97 Å². The number of fused-ring (bicyclic) bond motifs is 7. The van der Waals surface area contributed by atoms with Gasteiger partial charge < -0.3 is 10.2 Å². The Morgan fingerprint density at radius 1 is 0.818 bits per heavy atom. The molecule has 0 saturated heterocycles. The van der Waals surface area contributed by atoms with Crippen molar-refractivity contribution < 1.29 is 15.0 Å². The third-order valence-corrected chi connectivity index (χ3v) is 13.5. The van der Waals surface area contributed by atoms with E-state index >= 15 is 0 Å². The number of carboxylic acid groups (broad SMARTS) is 1. The highest BCUT2D eigenvalue weighted by molar-refractivity contribution is 5.76. The lowest BCUT2D eigenvalue weighted by atomic mass is 9.32. The lowest BCUT2D eigenvalue weighted by molar-refractivity contribution is -0.248. The van der Waals surface area contributed by atoms with Crippen LogP contribution in [0.3, 0.4) is 0 Å². The fourth-order valence-corrected chi connectivity index (χ4v) is 11.5. The van der Waals surface area contributed by atoms with Crippen molar-refractivity contribution in [1.82, 2.24) is 0 Å². The van der Waals surface area contributed by atoms with Crippen molar-refractivity contribution in [3.8, 4) is 0 Å². The molecule has 0 amide bonds. The van der Waals surface area contributed by atoms with Crippen molar-refractivity contribution in [2.75, 3.05) is 0 Å². The van der Waals surface area contributed by atoms with Gasteiger partial charge in [0, 0.05) is 0 Å². The molecule has 3 heteroatoms. The van der Waals surface area contributed by atoms with Gasteiger partial charge in [0.2, 0.25) is 0 Å². The number of aliphatic hydroxyl groups excluding tert-OH is 1. The third-order valence-electron chi connectivity index (χ3n) is 13.5. The number of rotatable bonds is 2. The van der Waals surface area contributed by atoms with E-state index in [1.54, 1.807) is 0 Å². The first-order valence-electron chi connectivity index (χ1n) is 13.8. The predicted molar refractivity (Wildman–Crippen MR) is 133 cm³/mol. The van der Waals surface area contributed by atoms with Crippen LogP contribution < -0.4 is 0 Å². The van der Waals surface area contributed by atoms with Gasteiger partial charge in [0.05, 0.1) is 11.5 Å². The van der Waals surface area contributed by atoms with Gasteiger partial charge in [-0.2, -0.15) is 0 Å². The van der Waals surface area contributed by atoms with Crippen molar-refractivity contribution in [3.05, 3.63) is 12.2 Å². The highest BCUT2D eigenvalue weighted by Crippen LogP contribution is 2.77. The quantitative estimate of drug-likeness (QED) is 0.436. The van der Waals surface area contributed by atoms with Crippen LogP contribution in [0.4, 0.5) is 0 Å². The predicted octanol–water partition coefficient (Wildman–Crippen LogP) is 7.09. The lowest BCUT2D eigenvalue weighted by Crippen LogP contribution is -2.67. The summed E-state index contributed by atoms with van der Waals surface area (Å²) in [5, 5.41) is 21.4. The minimum atomic E-state index is -0.538. The fourth-order valence-electron chi connectivity index (χ4n) is 11.5.